The summed E-state index contributed by atoms with van der Waals surface area (Å²) in [4.78, 5) is 27.3. The lowest BCUT2D eigenvalue weighted by molar-refractivity contribution is -0.142. The van der Waals surface area contributed by atoms with Crippen molar-refractivity contribution >= 4 is 11.9 Å². The number of rotatable bonds is 3. The lowest BCUT2D eigenvalue weighted by Crippen LogP contribution is -2.43. The first-order valence-corrected chi connectivity index (χ1v) is 9.37. The van der Waals surface area contributed by atoms with Gasteiger partial charge in [-0.3, -0.25) is 19.6 Å². The fourth-order valence-corrected chi connectivity index (χ4v) is 4.26. The number of aromatic nitrogens is 2. The van der Waals surface area contributed by atoms with E-state index >= 15 is 0 Å². The van der Waals surface area contributed by atoms with Crippen LogP contribution in [0, 0.1) is 5.41 Å². The van der Waals surface area contributed by atoms with E-state index in [0.29, 0.717) is 13.0 Å². The number of hydrogen-bond acceptors (Lipinski definition) is 4. The molecule has 0 unspecified atom stereocenters. The summed E-state index contributed by atoms with van der Waals surface area (Å²) < 4.78 is 0. The Morgan fingerprint density at radius 2 is 2.00 bits per heavy atom. The van der Waals surface area contributed by atoms with Crippen molar-refractivity contribution in [2.75, 3.05) is 19.6 Å². The van der Waals surface area contributed by atoms with E-state index in [1.807, 2.05) is 11.0 Å². The molecule has 0 aromatic carbocycles. The van der Waals surface area contributed by atoms with E-state index in [1.54, 1.807) is 6.92 Å². The minimum Gasteiger partial charge on any atom is -0.480 e. The molecule has 144 valence electrons. The third-order valence-corrected chi connectivity index (χ3v) is 5.93. The zero-order chi connectivity index (χ0) is 19.1. The number of nitrogens with zero attached hydrogens (tertiary/aromatic N) is 3. The molecule has 7 nitrogen and oxygen atoms in total. The zero-order valence-corrected chi connectivity index (χ0v) is 16.2. The highest BCUT2D eigenvalue weighted by Gasteiger charge is 2.48. The molecule has 2 fully saturated rings. The van der Waals surface area contributed by atoms with E-state index in [1.165, 1.54) is 0 Å². The predicted octanol–water partition coefficient (Wildman–Crippen LogP) is 1.99. The molecule has 0 saturated carbocycles. The number of carbonyl (C=O) groups excluding carboxylic acids is 1. The van der Waals surface area contributed by atoms with Gasteiger partial charge in [0.2, 0.25) is 5.91 Å². The maximum Gasteiger partial charge on any atom is 0.320 e. The zero-order valence-electron chi connectivity index (χ0n) is 16.2. The van der Waals surface area contributed by atoms with E-state index in [0.717, 1.165) is 43.9 Å². The van der Waals surface area contributed by atoms with Crippen LogP contribution in [-0.2, 0) is 21.5 Å². The smallest absolute Gasteiger partial charge is 0.320 e. The summed E-state index contributed by atoms with van der Waals surface area (Å²) in [5.41, 5.74) is 1.91. The Kier molecular flexibility index (Phi) is 4.86. The van der Waals surface area contributed by atoms with Crippen molar-refractivity contribution in [3.05, 3.63) is 17.5 Å². The van der Waals surface area contributed by atoms with Gasteiger partial charge in [-0.1, -0.05) is 20.8 Å². The maximum atomic E-state index is 11.8. The Morgan fingerprint density at radius 1 is 1.35 bits per heavy atom. The lowest BCUT2D eigenvalue weighted by atomic mass is 9.76. The summed E-state index contributed by atoms with van der Waals surface area (Å²) in [7, 11) is 0. The van der Waals surface area contributed by atoms with E-state index in [9.17, 15) is 14.7 Å². The van der Waals surface area contributed by atoms with E-state index < -0.39 is 12.0 Å². The maximum absolute atomic E-state index is 11.8. The molecule has 3 rings (SSSR count). The van der Waals surface area contributed by atoms with Crippen molar-refractivity contribution in [1.29, 1.82) is 0 Å². The second-order valence-corrected chi connectivity index (χ2v) is 9.00. The molecule has 3 heterocycles. The Bertz CT molecular complexity index is 683. The van der Waals surface area contributed by atoms with Gasteiger partial charge in [0.25, 0.3) is 0 Å². The number of H-pyrrole nitrogens is 1. The predicted molar refractivity (Wildman–Crippen MR) is 97.7 cm³/mol. The molecular weight excluding hydrogens is 332 g/mol. The van der Waals surface area contributed by atoms with Crippen molar-refractivity contribution in [3.8, 4) is 0 Å². The summed E-state index contributed by atoms with van der Waals surface area (Å²) in [6.45, 7) is 10.7. The van der Waals surface area contributed by atoms with Crippen molar-refractivity contribution in [1.82, 2.24) is 20.0 Å². The fraction of sp³-hybridized carbons (Fsp3) is 0.737. The molecule has 0 bridgehead atoms. The summed E-state index contributed by atoms with van der Waals surface area (Å²) in [5, 5.41) is 17.2. The van der Waals surface area contributed by atoms with Gasteiger partial charge >= 0.3 is 5.97 Å². The molecule has 1 amide bonds. The van der Waals surface area contributed by atoms with Gasteiger partial charge in [-0.25, -0.2) is 0 Å². The van der Waals surface area contributed by atoms with Gasteiger partial charge < -0.3 is 10.0 Å². The average Bonchev–Trinajstić information content (AvgIpc) is 3.13. The summed E-state index contributed by atoms with van der Waals surface area (Å²) >= 11 is 0. The van der Waals surface area contributed by atoms with Crippen molar-refractivity contribution in [2.24, 2.45) is 5.41 Å². The van der Waals surface area contributed by atoms with Crippen LogP contribution in [0.25, 0.3) is 0 Å². The number of hydrogen-bond donors (Lipinski definition) is 2. The SMILES string of the molecule is CC(=O)N1CCC2(CC1)C[C@H](C(=O)O)N(Cc1cc(C(C)(C)C)n[nH]1)C2. The molecular formula is C19H30N4O3. The van der Waals surface area contributed by atoms with Gasteiger partial charge in [0.15, 0.2) is 0 Å². The summed E-state index contributed by atoms with van der Waals surface area (Å²) in [6.07, 6.45) is 2.42. The topological polar surface area (TPSA) is 89.5 Å². The minimum absolute atomic E-state index is 0.00187. The van der Waals surface area contributed by atoms with Gasteiger partial charge in [-0.15, -0.1) is 0 Å². The average molecular weight is 362 g/mol. The van der Waals surface area contributed by atoms with Crippen LogP contribution in [-0.4, -0.2) is 62.7 Å². The first-order chi connectivity index (χ1) is 12.1. The van der Waals surface area contributed by atoms with Crippen LogP contribution in [0.5, 0.6) is 0 Å². The number of carboxylic acid groups (broad SMARTS) is 1. The van der Waals surface area contributed by atoms with Crippen LogP contribution < -0.4 is 0 Å². The number of piperidine rings is 1. The Hall–Kier alpha value is -1.89. The third-order valence-electron chi connectivity index (χ3n) is 5.93. The fourth-order valence-electron chi connectivity index (χ4n) is 4.26. The molecule has 1 aromatic heterocycles. The van der Waals surface area contributed by atoms with Crippen LogP contribution in [0.3, 0.4) is 0 Å². The molecule has 1 spiro atoms. The van der Waals surface area contributed by atoms with Gasteiger partial charge in [0, 0.05) is 44.2 Å². The largest absolute Gasteiger partial charge is 0.480 e. The monoisotopic (exact) mass is 362 g/mol. The minimum atomic E-state index is -0.758. The Morgan fingerprint density at radius 3 is 2.50 bits per heavy atom. The summed E-state index contributed by atoms with van der Waals surface area (Å²) in [5.74, 6) is -0.650. The van der Waals surface area contributed by atoms with Crippen LogP contribution >= 0.6 is 0 Å². The number of carbonyl (C=O) groups is 2. The van der Waals surface area contributed by atoms with E-state index in [4.69, 9.17) is 0 Å². The van der Waals surface area contributed by atoms with Crippen molar-refractivity contribution in [3.63, 3.8) is 0 Å². The molecule has 0 aliphatic carbocycles. The summed E-state index contributed by atoms with van der Waals surface area (Å²) in [6, 6.07) is 1.57. The van der Waals surface area contributed by atoms with Crippen LogP contribution in [0.15, 0.2) is 6.07 Å². The van der Waals surface area contributed by atoms with E-state index in [-0.39, 0.29) is 16.7 Å². The number of amides is 1. The number of aliphatic carboxylic acids is 1. The normalized spacial score (nSPS) is 23.5. The van der Waals surface area contributed by atoms with Crippen molar-refractivity contribution < 1.29 is 14.7 Å². The van der Waals surface area contributed by atoms with Gasteiger partial charge in [0.05, 0.1) is 5.69 Å². The van der Waals surface area contributed by atoms with Gasteiger partial charge in [-0.05, 0) is 30.7 Å². The second-order valence-electron chi connectivity index (χ2n) is 9.00. The Labute approximate surface area is 154 Å². The second kappa shape index (κ2) is 6.68. The quantitative estimate of drug-likeness (QED) is 0.858. The highest BCUT2D eigenvalue weighted by Crippen LogP contribution is 2.44. The number of carboxylic acids is 1. The lowest BCUT2D eigenvalue weighted by Gasteiger charge is -2.39. The molecule has 26 heavy (non-hydrogen) atoms. The number of likely N-dealkylation sites (tertiary alicyclic amines) is 2. The Balaban J connectivity index is 1.71. The van der Waals surface area contributed by atoms with Gasteiger partial charge in [0.1, 0.15) is 6.04 Å². The first-order valence-electron chi connectivity index (χ1n) is 9.37. The van der Waals surface area contributed by atoms with Crippen LogP contribution in [0.2, 0.25) is 0 Å². The highest BCUT2D eigenvalue weighted by molar-refractivity contribution is 5.74. The molecule has 1 atom stereocenters. The van der Waals surface area contributed by atoms with Crippen molar-refractivity contribution in [2.45, 2.75) is 65.0 Å². The molecule has 7 heteroatoms. The standard InChI is InChI=1S/C19H30N4O3/c1-13(24)22-7-5-19(6-8-22)10-15(17(25)26)23(12-19)11-14-9-16(21-20-14)18(2,3)4/h9,15H,5-8,10-12H2,1-4H3,(H,20,21)(H,25,26)/t15-/m1/s1. The number of aromatic amines is 1. The highest BCUT2D eigenvalue weighted by atomic mass is 16.4. The van der Waals surface area contributed by atoms with Crippen LogP contribution in [0.4, 0.5) is 0 Å². The first kappa shape index (κ1) is 18.9. The molecule has 2 aliphatic heterocycles. The van der Waals surface area contributed by atoms with Gasteiger partial charge in [-0.2, -0.15) is 5.10 Å². The van der Waals surface area contributed by atoms with E-state index in [2.05, 4.69) is 35.9 Å². The molecule has 0 radical (unpaired) electrons. The van der Waals surface area contributed by atoms with Crippen LogP contribution in [0.1, 0.15) is 58.3 Å². The number of nitrogens with one attached hydrogen (secondary N) is 1. The molecule has 2 aliphatic rings. The third kappa shape index (κ3) is 3.77. The molecule has 1 aromatic rings. The molecule has 2 saturated heterocycles. The molecule has 2 N–H and O–H groups in total.